The van der Waals surface area contributed by atoms with Crippen molar-refractivity contribution in [1.29, 1.82) is 0 Å². The Labute approximate surface area is 242 Å². The summed E-state index contributed by atoms with van der Waals surface area (Å²) < 4.78 is 34.7. The van der Waals surface area contributed by atoms with Gasteiger partial charge in [0.1, 0.15) is 4.90 Å². The second-order valence-electron chi connectivity index (χ2n) is 10.9. The maximum atomic E-state index is 12.3. The third-order valence-corrected chi connectivity index (χ3v) is 8.72. The molecule has 1 radical (unpaired) electrons. The first-order chi connectivity index (χ1) is 18.0. The van der Waals surface area contributed by atoms with Crippen molar-refractivity contribution in [3.8, 4) is 0 Å². The van der Waals surface area contributed by atoms with Crippen LogP contribution < -0.4 is 0 Å². The van der Waals surface area contributed by atoms with Crippen LogP contribution in [0.15, 0.2) is 53.4 Å². The fourth-order valence-corrected chi connectivity index (χ4v) is 6.53. The average molecular weight is 580 g/mol. The molecular formula is C33H48MnO3S. The molecule has 0 aliphatic carbocycles. The molecule has 38 heavy (non-hydrogen) atoms. The fourth-order valence-electron chi connectivity index (χ4n) is 5.57. The Morgan fingerprint density at radius 1 is 0.579 bits per heavy atom. The van der Waals surface area contributed by atoms with Gasteiger partial charge in [-0.2, -0.15) is 8.42 Å². The monoisotopic (exact) mass is 579 g/mol. The molecule has 3 aromatic carbocycles. The molecule has 0 saturated heterocycles. The summed E-state index contributed by atoms with van der Waals surface area (Å²) in [6.45, 7) is 2.28. The third kappa shape index (κ3) is 11.0. The maximum absolute atomic E-state index is 12.3. The molecule has 0 atom stereocenters. The zero-order valence-corrected chi connectivity index (χ0v) is 25.4. The molecule has 211 valence electrons. The van der Waals surface area contributed by atoms with E-state index in [4.69, 9.17) is 0 Å². The molecule has 0 fully saturated rings. The molecule has 0 aliphatic heterocycles. The molecule has 3 rings (SSSR count). The predicted molar refractivity (Wildman–Crippen MR) is 159 cm³/mol. The van der Waals surface area contributed by atoms with Crippen LogP contribution in [0.4, 0.5) is 0 Å². The van der Waals surface area contributed by atoms with Crippen LogP contribution in [-0.2, 0) is 33.6 Å². The van der Waals surface area contributed by atoms with Crippen molar-refractivity contribution in [3.63, 3.8) is 0 Å². The molecule has 5 heteroatoms. The van der Waals surface area contributed by atoms with Gasteiger partial charge < -0.3 is 0 Å². The van der Waals surface area contributed by atoms with Crippen LogP contribution in [-0.4, -0.2) is 13.0 Å². The van der Waals surface area contributed by atoms with Crippen LogP contribution in [0, 0.1) is 0 Å². The molecule has 0 aromatic heterocycles. The number of rotatable bonds is 19. The van der Waals surface area contributed by atoms with Gasteiger partial charge in [0.05, 0.1) is 0 Å². The number of hydrogen-bond acceptors (Lipinski definition) is 2. The van der Waals surface area contributed by atoms with Crippen LogP contribution in [0.1, 0.15) is 122 Å². The zero-order valence-electron chi connectivity index (χ0n) is 23.4. The summed E-state index contributed by atoms with van der Waals surface area (Å²) in [5, 5.41) is 3.51. The summed E-state index contributed by atoms with van der Waals surface area (Å²) in [5.74, 6) is 0. The van der Waals surface area contributed by atoms with Gasteiger partial charge in [-0.15, -0.1) is 0 Å². The van der Waals surface area contributed by atoms with Gasteiger partial charge in [0.15, 0.2) is 0 Å². The van der Waals surface area contributed by atoms with E-state index in [2.05, 4.69) is 6.92 Å². The van der Waals surface area contributed by atoms with Crippen molar-refractivity contribution in [2.45, 2.75) is 127 Å². The summed E-state index contributed by atoms with van der Waals surface area (Å²) >= 11 is 0. The van der Waals surface area contributed by atoms with Crippen molar-refractivity contribution >= 4 is 31.7 Å². The minimum atomic E-state index is -4.30. The van der Waals surface area contributed by atoms with Crippen molar-refractivity contribution in [2.75, 3.05) is 0 Å². The quantitative estimate of drug-likeness (QED) is 0.0665. The summed E-state index contributed by atoms with van der Waals surface area (Å²) in [6, 6.07) is 15.7. The third-order valence-electron chi connectivity index (χ3n) is 7.73. The van der Waals surface area contributed by atoms with E-state index in [-0.39, 0.29) is 22.0 Å². The molecule has 3 aromatic rings. The molecule has 1 N–H and O–H groups in total. The Morgan fingerprint density at radius 3 is 1.50 bits per heavy atom. The molecule has 0 unspecified atom stereocenters. The molecular weight excluding hydrogens is 531 g/mol. The molecule has 0 amide bonds. The molecule has 0 aliphatic rings. The second kappa shape index (κ2) is 18.1. The Hall–Kier alpha value is -1.39. The number of unbranched alkanes of at least 4 members (excludes halogenated alkanes) is 16. The molecule has 3 nitrogen and oxygen atoms in total. The number of fused-ring (bicyclic) bond motifs is 2. The molecule has 0 heterocycles. The van der Waals surface area contributed by atoms with Crippen molar-refractivity contribution in [1.82, 2.24) is 0 Å². The maximum Gasteiger partial charge on any atom is 0.295 e. The normalized spacial score (nSPS) is 11.7. The van der Waals surface area contributed by atoms with Gasteiger partial charge in [-0.1, -0.05) is 146 Å². The SMILES string of the molecule is CCCCCCCCCCCCCCCCCCCc1ccc2cc3ccccc3cc2c1S(=O)(=O)O.[Mn]. The fraction of sp³-hybridized carbons (Fsp3) is 0.576. The topological polar surface area (TPSA) is 54.4 Å². The second-order valence-corrected chi connectivity index (χ2v) is 12.2. The van der Waals surface area contributed by atoms with Crippen molar-refractivity contribution < 1.29 is 30.0 Å². The van der Waals surface area contributed by atoms with Gasteiger partial charge >= 0.3 is 0 Å². The van der Waals surface area contributed by atoms with Gasteiger partial charge in [-0.3, -0.25) is 4.55 Å². The minimum Gasteiger partial charge on any atom is -0.282 e. The van der Waals surface area contributed by atoms with Gasteiger partial charge in [-0.25, -0.2) is 0 Å². The van der Waals surface area contributed by atoms with E-state index >= 15 is 0 Å². The van der Waals surface area contributed by atoms with Gasteiger partial charge in [0.25, 0.3) is 10.1 Å². The summed E-state index contributed by atoms with van der Waals surface area (Å²) in [4.78, 5) is 0.0900. The van der Waals surface area contributed by atoms with E-state index in [9.17, 15) is 13.0 Å². The number of benzene rings is 3. The van der Waals surface area contributed by atoms with Gasteiger partial charge in [-0.05, 0) is 46.7 Å². The number of hydrogen-bond donors (Lipinski definition) is 1. The van der Waals surface area contributed by atoms with E-state index in [0.717, 1.165) is 34.6 Å². The van der Waals surface area contributed by atoms with Crippen LogP contribution in [0.5, 0.6) is 0 Å². The Bertz CT molecular complexity index is 1190. The average Bonchev–Trinajstić information content (AvgIpc) is 2.88. The van der Waals surface area contributed by atoms with Crippen LogP contribution in [0.2, 0.25) is 0 Å². The first-order valence-corrected chi connectivity index (χ1v) is 16.4. The Morgan fingerprint density at radius 2 is 1.03 bits per heavy atom. The van der Waals surface area contributed by atoms with E-state index < -0.39 is 10.1 Å². The largest absolute Gasteiger partial charge is 0.295 e. The van der Waals surface area contributed by atoms with E-state index in [0.29, 0.717) is 11.8 Å². The van der Waals surface area contributed by atoms with Crippen LogP contribution in [0.3, 0.4) is 0 Å². The van der Waals surface area contributed by atoms with E-state index in [1.165, 1.54) is 96.3 Å². The molecule has 0 saturated carbocycles. The number of aryl methyl sites for hydroxylation is 1. The predicted octanol–water partition coefficient (Wildman–Crippen LogP) is 10.4. The van der Waals surface area contributed by atoms with Crippen molar-refractivity contribution in [3.05, 3.63) is 54.1 Å². The van der Waals surface area contributed by atoms with Gasteiger partial charge in [0, 0.05) is 22.5 Å². The van der Waals surface area contributed by atoms with Crippen LogP contribution >= 0.6 is 0 Å². The smallest absolute Gasteiger partial charge is 0.282 e. The Kier molecular flexibility index (Phi) is 15.6. The first kappa shape index (κ1) is 32.8. The molecule has 0 spiro atoms. The van der Waals surface area contributed by atoms with Gasteiger partial charge in [0.2, 0.25) is 0 Å². The first-order valence-electron chi connectivity index (χ1n) is 14.9. The minimum absolute atomic E-state index is 0. The Balaban J connectivity index is 0.00000507. The van der Waals surface area contributed by atoms with Crippen LogP contribution in [0.25, 0.3) is 21.5 Å². The summed E-state index contributed by atoms with van der Waals surface area (Å²) in [5.41, 5.74) is 0.728. The summed E-state index contributed by atoms with van der Waals surface area (Å²) in [7, 11) is -4.30. The summed E-state index contributed by atoms with van der Waals surface area (Å²) in [6.07, 6.45) is 23.2. The van der Waals surface area contributed by atoms with E-state index in [1.807, 2.05) is 48.5 Å². The standard InChI is InChI=1S/C33H48O3S.Mn/c1-2-3-4-5-6-7-8-9-10-11-12-13-14-15-16-17-18-21-28-24-25-31-26-29-22-19-20-23-30(29)27-32(31)33(28)37(34,35)36;/h19-20,22-27H,2-18,21H2,1H3,(H,34,35,36);. The van der Waals surface area contributed by atoms with E-state index in [1.54, 1.807) is 0 Å². The molecule has 0 bridgehead atoms. The zero-order chi connectivity index (χ0) is 26.3. The van der Waals surface area contributed by atoms with Crippen molar-refractivity contribution in [2.24, 2.45) is 0 Å².